The Labute approximate surface area is 182 Å². The first kappa shape index (κ1) is 26.3. The van der Waals surface area contributed by atoms with E-state index in [1.54, 1.807) is 0 Å². The number of nitrogens with one attached hydrogen (secondary N) is 3. The number of hydrogen-bond acceptors (Lipinski definition) is 8. The number of aliphatic carboxylic acids is 2. The molecule has 0 aliphatic carbocycles. The second kappa shape index (κ2) is 12.2. The number of carbonyl (C=O) groups is 5. The van der Waals surface area contributed by atoms with Crippen LogP contribution in [0, 0.1) is 0 Å². The molecule has 4 atom stereocenters. The Kier molecular flexibility index (Phi) is 10.1. The first-order valence-electron chi connectivity index (χ1n) is 9.44. The predicted molar refractivity (Wildman–Crippen MR) is 108 cm³/mol. The van der Waals surface area contributed by atoms with E-state index in [0.29, 0.717) is 5.56 Å². The van der Waals surface area contributed by atoms with Gasteiger partial charge in [0.05, 0.1) is 18.6 Å². The molecule has 13 heteroatoms. The summed E-state index contributed by atoms with van der Waals surface area (Å²) in [4.78, 5) is 58.6. The summed E-state index contributed by atoms with van der Waals surface area (Å²) >= 11 is 0. The maximum absolute atomic E-state index is 12.7. The molecule has 3 amide bonds. The largest absolute Gasteiger partial charge is 0.508 e. The van der Waals surface area contributed by atoms with Crippen LogP contribution in [0.25, 0.3) is 0 Å². The fraction of sp³-hybridized carbons (Fsp3) is 0.421. The Bertz CT molecular complexity index is 842. The van der Waals surface area contributed by atoms with Gasteiger partial charge in [0.1, 0.15) is 24.4 Å². The van der Waals surface area contributed by atoms with Crippen LogP contribution in [0.1, 0.15) is 18.9 Å². The van der Waals surface area contributed by atoms with Crippen molar-refractivity contribution in [1.29, 1.82) is 0 Å². The van der Waals surface area contributed by atoms with Crippen LogP contribution < -0.4 is 21.7 Å². The Balaban J connectivity index is 2.99. The van der Waals surface area contributed by atoms with Crippen molar-refractivity contribution >= 4 is 29.7 Å². The minimum atomic E-state index is -1.57. The zero-order valence-corrected chi connectivity index (χ0v) is 17.1. The number of hydrogen-bond donors (Lipinski definition) is 8. The van der Waals surface area contributed by atoms with Gasteiger partial charge in [-0.1, -0.05) is 12.1 Å². The third kappa shape index (κ3) is 8.97. The van der Waals surface area contributed by atoms with E-state index < -0.39 is 66.9 Å². The smallest absolute Gasteiger partial charge is 0.322 e. The lowest BCUT2D eigenvalue weighted by atomic mass is 10.0. The Morgan fingerprint density at radius 3 is 2.03 bits per heavy atom. The summed E-state index contributed by atoms with van der Waals surface area (Å²) in [6, 6.07) is 1.33. The second-order valence-electron chi connectivity index (χ2n) is 6.97. The van der Waals surface area contributed by atoms with Gasteiger partial charge in [0.2, 0.25) is 17.7 Å². The maximum Gasteiger partial charge on any atom is 0.322 e. The summed E-state index contributed by atoms with van der Waals surface area (Å²) < 4.78 is 0. The molecule has 4 unspecified atom stereocenters. The van der Waals surface area contributed by atoms with Crippen LogP contribution in [0.2, 0.25) is 0 Å². The molecule has 0 fully saturated rings. The Morgan fingerprint density at radius 2 is 1.53 bits per heavy atom. The summed E-state index contributed by atoms with van der Waals surface area (Å²) in [5.41, 5.74) is 5.97. The number of benzene rings is 1. The number of phenolic OH excluding ortho intramolecular Hbond substituents is 1. The van der Waals surface area contributed by atoms with Crippen LogP contribution in [-0.2, 0) is 30.4 Å². The molecule has 0 aromatic heterocycles. The zero-order chi connectivity index (χ0) is 24.4. The number of carboxylic acids is 2. The summed E-state index contributed by atoms with van der Waals surface area (Å²) in [5, 5.41) is 43.4. The highest BCUT2D eigenvalue weighted by molar-refractivity contribution is 5.94. The van der Waals surface area contributed by atoms with Gasteiger partial charge in [0.25, 0.3) is 0 Å². The van der Waals surface area contributed by atoms with Gasteiger partial charge >= 0.3 is 11.9 Å². The fourth-order valence-corrected chi connectivity index (χ4v) is 2.57. The monoisotopic (exact) mass is 454 g/mol. The predicted octanol–water partition coefficient (Wildman–Crippen LogP) is -2.71. The summed E-state index contributed by atoms with van der Waals surface area (Å²) in [6.45, 7) is 0.480. The van der Waals surface area contributed by atoms with Crippen LogP contribution in [-0.4, -0.2) is 80.9 Å². The Morgan fingerprint density at radius 1 is 0.938 bits per heavy atom. The van der Waals surface area contributed by atoms with Gasteiger partial charge < -0.3 is 42.1 Å². The van der Waals surface area contributed by atoms with E-state index in [1.807, 2.05) is 0 Å². The van der Waals surface area contributed by atoms with E-state index in [-0.39, 0.29) is 12.2 Å². The molecule has 0 radical (unpaired) electrons. The summed E-state index contributed by atoms with van der Waals surface area (Å²) in [6.07, 6.45) is -2.25. The molecule has 0 heterocycles. The number of phenols is 1. The van der Waals surface area contributed by atoms with E-state index in [1.165, 1.54) is 31.2 Å². The molecule has 0 spiro atoms. The first-order chi connectivity index (χ1) is 14.9. The molecule has 0 bridgehead atoms. The SMILES string of the molecule is CC(O)C(NC(=O)C(N)CC(=O)O)C(=O)NC(Cc1ccc(O)cc1)C(=O)NCC(=O)O. The average molecular weight is 454 g/mol. The van der Waals surface area contributed by atoms with Gasteiger partial charge in [0.15, 0.2) is 0 Å². The number of carboxylic acid groups (broad SMARTS) is 2. The minimum absolute atomic E-state index is 0.0285. The number of rotatable bonds is 12. The molecule has 0 aliphatic heterocycles. The molecule has 0 saturated carbocycles. The van der Waals surface area contributed by atoms with Crippen molar-refractivity contribution < 1.29 is 44.4 Å². The van der Waals surface area contributed by atoms with E-state index in [9.17, 15) is 34.2 Å². The lowest BCUT2D eigenvalue weighted by Gasteiger charge is -2.25. The van der Waals surface area contributed by atoms with Gasteiger partial charge in [-0.3, -0.25) is 24.0 Å². The van der Waals surface area contributed by atoms with Crippen molar-refractivity contribution in [2.75, 3.05) is 6.54 Å². The topological polar surface area (TPSA) is 228 Å². The summed E-state index contributed by atoms with van der Waals surface area (Å²) in [5.74, 6) is -5.50. The van der Waals surface area contributed by atoms with E-state index in [2.05, 4.69) is 16.0 Å². The Hall–Kier alpha value is -3.71. The van der Waals surface area contributed by atoms with Gasteiger partial charge in [-0.25, -0.2) is 0 Å². The van der Waals surface area contributed by atoms with Crippen molar-refractivity contribution in [3.63, 3.8) is 0 Å². The molecular formula is C19H26N4O9. The van der Waals surface area contributed by atoms with Crippen LogP contribution in [0.3, 0.4) is 0 Å². The maximum atomic E-state index is 12.7. The van der Waals surface area contributed by atoms with Crippen LogP contribution in [0.4, 0.5) is 0 Å². The quantitative estimate of drug-likeness (QED) is 0.163. The molecule has 32 heavy (non-hydrogen) atoms. The third-order valence-corrected chi connectivity index (χ3v) is 4.22. The number of nitrogens with two attached hydrogens (primary N) is 1. The van der Waals surface area contributed by atoms with Gasteiger partial charge in [0, 0.05) is 6.42 Å². The molecule has 176 valence electrons. The highest BCUT2D eigenvalue weighted by Gasteiger charge is 2.31. The van der Waals surface area contributed by atoms with Crippen molar-refractivity contribution in [2.45, 2.75) is 44.0 Å². The fourth-order valence-electron chi connectivity index (χ4n) is 2.57. The normalized spacial score (nSPS) is 14.3. The van der Waals surface area contributed by atoms with Crippen molar-refractivity contribution in [3.8, 4) is 5.75 Å². The highest BCUT2D eigenvalue weighted by Crippen LogP contribution is 2.12. The number of amides is 3. The average Bonchev–Trinajstić information content (AvgIpc) is 2.70. The molecule has 1 aromatic carbocycles. The van der Waals surface area contributed by atoms with Crippen LogP contribution >= 0.6 is 0 Å². The molecule has 13 nitrogen and oxygen atoms in total. The van der Waals surface area contributed by atoms with Crippen molar-refractivity contribution in [2.24, 2.45) is 5.73 Å². The van der Waals surface area contributed by atoms with E-state index in [0.717, 1.165) is 0 Å². The molecule has 1 rings (SSSR count). The van der Waals surface area contributed by atoms with E-state index in [4.69, 9.17) is 15.9 Å². The molecular weight excluding hydrogens is 428 g/mol. The minimum Gasteiger partial charge on any atom is -0.508 e. The standard InChI is InChI=1S/C19H26N4O9/c1-9(24)16(23-17(30)12(20)7-14(26)27)19(32)22-13(18(31)21-8-15(28)29)6-10-2-4-11(25)5-3-10/h2-5,9,12-13,16,24-25H,6-8,20H2,1H3,(H,21,31)(H,22,32)(H,23,30)(H,26,27)(H,28,29). The number of aliphatic hydroxyl groups is 1. The van der Waals surface area contributed by atoms with Crippen LogP contribution in [0.15, 0.2) is 24.3 Å². The van der Waals surface area contributed by atoms with Crippen molar-refractivity contribution in [1.82, 2.24) is 16.0 Å². The van der Waals surface area contributed by atoms with Gasteiger partial charge in [-0.05, 0) is 24.6 Å². The number of aromatic hydroxyl groups is 1. The van der Waals surface area contributed by atoms with Crippen LogP contribution in [0.5, 0.6) is 5.75 Å². The zero-order valence-electron chi connectivity index (χ0n) is 17.1. The molecule has 9 N–H and O–H groups in total. The van der Waals surface area contributed by atoms with E-state index >= 15 is 0 Å². The molecule has 0 saturated heterocycles. The molecule has 1 aromatic rings. The van der Waals surface area contributed by atoms with Crippen molar-refractivity contribution in [3.05, 3.63) is 29.8 Å². The number of carbonyl (C=O) groups excluding carboxylic acids is 3. The second-order valence-corrected chi connectivity index (χ2v) is 6.97. The number of aliphatic hydroxyl groups excluding tert-OH is 1. The lowest BCUT2D eigenvalue weighted by molar-refractivity contribution is -0.140. The third-order valence-electron chi connectivity index (χ3n) is 4.22. The summed E-state index contributed by atoms with van der Waals surface area (Å²) in [7, 11) is 0. The lowest BCUT2D eigenvalue weighted by Crippen LogP contribution is -2.59. The van der Waals surface area contributed by atoms with Gasteiger partial charge in [-0.15, -0.1) is 0 Å². The molecule has 0 aliphatic rings. The highest BCUT2D eigenvalue weighted by atomic mass is 16.4. The van der Waals surface area contributed by atoms with Gasteiger partial charge in [-0.2, -0.15) is 0 Å². The first-order valence-corrected chi connectivity index (χ1v) is 9.44.